The summed E-state index contributed by atoms with van der Waals surface area (Å²) in [5.41, 5.74) is 5.50. The summed E-state index contributed by atoms with van der Waals surface area (Å²) in [5.74, 6) is -0.00418. The molecule has 1 heterocycles. The number of rotatable bonds is 2. The van der Waals surface area contributed by atoms with Crippen LogP contribution in [0.15, 0.2) is 12.0 Å². The third kappa shape index (κ3) is 2.54. The molecule has 12 heavy (non-hydrogen) atoms. The molecule has 0 radical (unpaired) electrons. The molecule has 0 saturated carbocycles. The van der Waals surface area contributed by atoms with E-state index in [2.05, 4.69) is 5.32 Å². The van der Waals surface area contributed by atoms with E-state index in [1.807, 2.05) is 0 Å². The van der Waals surface area contributed by atoms with Crippen molar-refractivity contribution in [2.24, 2.45) is 11.7 Å². The molecular weight excluding hydrogens is 154 g/mol. The fourth-order valence-electron chi connectivity index (χ4n) is 1.41. The maximum absolute atomic E-state index is 8.74. The fraction of sp³-hybridized carbons (Fsp3) is 0.625. The van der Waals surface area contributed by atoms with E-state index in [1.54, 1.807) is 0 Å². The van der Waals surface area contributed by atoms with Crippen molar-refractivity contribution in [1.82, 2.24) is 5.32 Å². The molecule has 0 amide bonds. The molecule has 0 spiro atoms. The second-order valence-electron chi connectivity index (χ2n) is 3.05. The molecule has 5 N–H and O–H groups in total. The minimum absolute atomic E-state index is 0.261. The molecular formula is C8H15N3O. The number of aliphatic hydroxyl groups is 1. The van der Waals surface area contributed by atoms with E-state index in [4.69, 9.17) is 16.2 Å². The number of piperidine rings is 1. The van der Waals surface area contributed by atoms with Gasteiger partial charge in [0.05, 0.1) is 0 Å². The maximum atomic E-state index is 8.74. The Labute approximate surface area is 72.0 Å². The van der Waals surface area contributed by atoms with Crippen LogP contribution in [0.1, 0.15) is 12.8 Å². The number of aliphatic hydroxyl groups excluding tert-OH is 1. The quantitative estimate of drug-likeness (QED) is 0.356. The number of allylic oxidation sites excluding steroid dienone is 1. The van der Waals surface area contributed by atoms with Crippen LogP contribution in [-0.2, 0) is 0 Å². The van der Waals surface area contributed by atoms with Crippen LogP contribution >= 0.6 is 0 Å². The molecule has 0 unspecified atom stereocenters. The summed E-state index contributed by atoms with van der Waals surface area (Å²) in [7, 11) is 0. The van der Waals surface area contributed by atoms with Crippen molar-refractivity contribution >= 4 is 5.71 Å². The molecule has 68 valence electrons. The predicted octanol–water partition coefficient (Wildman–Crippen LogP) is 0.364. The number of nitrogens with one attached hydrogen (secondary N) is 2. The Balaban J connectivity index is 2.45. The number of hydrogen-bond acceptors (Lipinski definition) is 4. The van der Waals surface area contributed by atoms with Crippen LogP contribution in [0.3, 0.4) is 0 Å². The van der Waals surface area contributed by atoms with Crippen molar-refractivity contribution < 1.29 is 5.11 Å². The van der Waals surface area contributed by atoms with Gasteiger partial charge in [-0.2, -0.15) is 0 Å². The minimum atomic E-state index is -0.265. The molecule has 0 atom stereocenters. The normalized spacial score (nSPS) is 20.8. The van der Waals surface area contributed by atoms with Gasteiger partial charge >= 0.3 is 0 Å². The second kappa shape index (κ2) is 4.11. The van der Waals surface area contributed by atoms with E-state index in [1.165, 1.54) is 6.08 Å². The zero-order valence-electron chi connectivity index (χ0n) is 7.01. The Morgan fingerprint density at radius 3 is 2.58 bits per heavy atom. The van der Waals surface area contributed by atoms with E-state index in [0.29, 0.717) is 5.71 Å². The van der Waals surface area contributed by atoms with Crippen LogP contribution in [-0.4, -0.2) is 23.9 Å². The molecule has 0 aromatic carbocycles. The van der Waals surface area contributed by atoms with Crippen molar-refractivity contribution in [2.75, 3.05) is 13.1 Å². The van der Waals surface area contributed by atoms with Crippen LogP contribution in [0.25, 0.3) is 0 Å². The van der Waals surface area contributed by atoms with Gasteiger partial charge in [-0.25, -0.2) is 0 Å². The molecule has 1 rings (SSSR count). The highest BCUT2D eigenvalue weighted by Gasteiger charge is 2.16. The van der Waals surface area contributed by atoms with Crippen LogP contribution in [0, 0.1) is 11.3 Å². The van der Waals surface area contributed by atoms with Crippen molar-refractivity contribution in [2.45, 2.75) is 12.8 Å². The summed E-state index contributed by atoms with van der Waals surface area (Å²) < 4.78 is 0. The van der Waals surface area contributed by atoms with E-state index < -0.39 is 0 Å². The zero-order chi connectivity index (χ0) is 8.97. The van der Waals surface area contributed by atoms with E-state index in [0.717, 1.165) is 25.9 Å². The van der Waals surface area contributed by atoms with Crippen molar-refractivity contribution in [1.29, 1.82) is 5.41 Å². The maximum Gasteiger partial charge on any atom is 0.183 e. The van der Waals surface area contributed by atoms with E-state index in [-0.39, 0.29) is 11.8 Å². The lowest BCUT2D eigenvalue weighted by Crippen LogP contribution is -2.31. The van der Waals surface area contributed by atoms with Gasteiger partial charge < -0.3 is 21.6 Å². The number of nitrogens with two attached hydrogens (primary N) is 1. The third-order valence-electron chi connectivity index (χ3n) is 2.08. The Bertz CT molecular complexity index is 190. The lowest BCUT2D eigenvalue weighted by molar-refractivity contribution is 0.404. The number of hydrogen-bond donors (Lipinski definition) is 4. The summed E-state index contributed by atoms with van der Waals surface area (Å²) in [5, 5.41) is 19.5. The highest BCUT2D eigenvalue weighted by atomic mass is 16.3. The minimum Gasteiger partial charge on any atom is -0.495 e. The van der Waals surface area contributed by atoms with Crippen LogP contribution < -0.4 is 11.1 Å². The van der Waals surface area contributed by atoms with Gasteiger partial charge in [-0.1, -0.05) is 0 Å². The van der Waals surface area contributed by atoms with Gasteiger partial charge in [-0.3, -0.25) is 0 Å². The van der Waals surface area contributed by atoms with Gasteiger partial charge in [-0.05, 0) is 25.9 Å². The first-order valence-corrected chi connectivity index (χ1v) is 4.15. The summed E-state index contributed by atoms with van der Waals surface area (Å²) in [6.07, 6.45) is 3.25. The SMILES string of the molecule is N=C(/C=C(/N)O)C1CCNCC1. The molecule has 0 aliphatic carbocycles. The largest absolute Gasteiger partial charge is 0.495 e. The topological polar surface area (TPSA) is 82.1 Å². The van der Waals surface area contributed by atoms with Crippen LogP contribution in [0.5, 0.6) is 0 Å². The van der Waals surface area contributed by atoms with Crippen LogP contribution in [0.2, 0.25) is 0 Å². The molecule has 1 saturated heterocycles. The standard InChI is InChI=1S/C8H15N3O/c9-7(5-8(10)12)6-1-3-11-4-2-6/h5-6,9,11-12H,1-4,10H2/b8-5-,9-7?. The smallest absolute Gasteiger partial charge is 0.183 e. The van der Waals surface area contributed by atoms with Crippen LogP contribution in [0.4, 0.5) is 0 Å². The Kier molecular flexibility index (Phi) is 3.10. The average molecular weight is 169 g/mol. The molecule has 4 nitrogen and oxygen atoms in total. The first kappa shape index (κ1) is 9.06. The lowest BCUT2D eigenvalue weighted by Gasteiger charge is -2.21. The highest BCUT2D eigenvalue weighted by molar-refractivity contribution is 5.94. The summed E-state index contributed by atoms with van der Waals surface area (Å²) in [6.45, 7) is 1.90. The molecule has 0 aromatic heterocycles. The summed E-state index contributed by atoms with van der Waals surface area (Å²) in [6, 6.07) is 0. The second-order valence-corrected chi connectivity index (χ2v) is 3.05. The molecule has 4 heteroatoms. The fourth-order valence-corrected chi connectivity index (χ4v) is 1.41. The van der Waals surface area contributed by atoms with E-state index in [9.17, 15) is 0 Å². The first-order valence-electron chi connectivity index (χ1n) is 4.15. The Morgan fingerprint density at radius 2 is 2.08 bits per heavy atom. The molecule has 1 aliphatic heterocycles. The zero-order valence-corrected chi connectivity index (χ0v) is 7.01. The van der Waals surface area contributed by atoms with Gasteiger partial charge in [0.2, 0.25) is 0 Å². The summed E-state index contributed by atoms with van der Waals surface area (Å²) >= 11 is 0. The first-order chi connectivity index (χ1) is 5.70. The van der Waals surface area contributed by atoms with E-state index >= 15 is 0 Å². The lowest BCUT2D eigenvalue weighted by atomic mass is 9.93. The van der Waals surface area contributed by atoms with Crippen molar-refractivity contribution in [3.8, 4) is 0 Å². The molecule has 1 aliphatic rings. The average Bonchev–Trinajstić information content (AvgIpc) is 2.05. The summed E-state index contributed by atoms with van der Waals surface area (Å²) in [4.78, 5) is 0. The van der Waals surface area contributed by atoms with Gasteiger partial charge in [0.1, 0.15) is 0 Å². The van der Waals surface area contributed by atoms with Gasteiger partial charge in [0.25, 0.3) is 0 Å². The van der Waals surface area contributed by atoms with Gasteiger partial charge in [0, 0.05) is 17.7 Å². The van der Waals surface area contributed by atoms with Gasteiger partial charge in [0.15, 0.2) is 5.88 Å². The highest BCUT2D eigenvalue weighted by Crippen LogP contribution is 2.13. The van der Waals surface area contributed by atoms with Crippen molar-refractivity contribution in [3.05, 3.63) is 12.0 Å². The molecule has 0 bridgehead atoms. The Hall–Kier alpha value is -1.03. The molecule has 0 aromatic rings. The Morgan fingerprint density at radius 1 is 1.50 bits per heavy atom. The van der Waals surface area contributed by atoms with Crippen molar-refractivity contribution in [3.63, 3.8) is 0 Å². The molecule has 1 fully saturated rings. The predicted molar refractivity (Wildman–Crippen MR) is 48.2 cm³/mol. The monoisotopic (exact) mass is 169 g/mol. The third-order valence-corrected chi connectivity index (χ3v) is 2.08. The van der Waals surface area contributed by atoms with Gasteiger partial charge in [-0.15, -0.1) is 0 Å².